The average molecular weight is 428 g/mol. The van der Waals surface area contributed by atoms with E-state index in [0.717, 1.165) is 7.05 Å². The Morgan fingerprint density at radius 1 is 1.13 bits per heavy atom. The summed E-state index contributed by atoms with van der Waals surface area (Å²) in [5, 5.41) is 12.9. The van der Waals surface area contributed by atoms with E-state index in [1.807, 2.05) is 0 Å². The smallest absolute Gasteiger partial charge is 0.364 e. The molecule has 1 amide bonds. The molecule has 0 saturated carbocycles. The highest BCUT2D eigenvalue weighted by Gasteiger charge is 2.45. The van der Waals surface area contributed by atoms with Gasteiger partial charge in [-0.1, -0.05) is 24.3 Å². The van der Waals surface area contributed by atoms with E-state index < -0.39 is 44.8 Å². The highest BCUT2D eigenvalue weighted by atomic mass is 32.2. The van der Waals surface area contributed by atoms with E-state index in [4.69, 9.17) is 4.42 Å². The molecule has 3 aromatic rings. The highest BCUT2D eigenvalue weighted by molar-refractivity contribution is 7.89. The fourth-order valence-electron chi connectivity index (χ4n) is 3.44. The number of sulfonamides is 1. The zero-order valence-electron chi connectivity index (χ0n) is 15.9. The number of aromatic hydroxyl groups is 1. The molecule has 9 nitrogen and oxygen atoms in total. The van der Waals surface area contributed by atoms with E-state index in [-0.39, 0.29) is 21.4 Å². The van der Waals surface area contributed by atoms with Crippen LogP contribution in [0.3, 0.4) is 0 Å². The Hall–Kier alpha value is -3.50. The zero-order valence-corrected chi connectivity index (χ0v) is 16.7. The van der Waals surface area contributed by atoms with Gasteiger partial charge >= 0.3 is 5.63 Å². The van der Waals surface area contributed by atoms with Crippen LogP contribution in [-0.2, 0) is 14.8 Å². The van der Waals surface area contributed by atoms with Crippen molar-refractivity contribution in [1.29, 1.82) is 0 Å². The first kappa shape index (κ1) is 19.8. The average Bonchev–Trinajstić information content (AvgIpc) is 2.71. The van der Waals surface area contributed by atoms with Gasteiger partial charge in [-0.2, -0.15) is 4.31 Å². The Morgan fingerprint density at radius 3 is 2.57 bits per heavy atom. The zero-order chi connectivity index (χ0) is 21.8. The molecule has 1 unspecified atom stereocenters. The molecular formula is C20H16N2O7S. The van der Waals surface area contributed by atoms with E-state index in [2.05, 4.69) is 5.32 Å². The maximum Gasteiger partial charge on any atom is 0.364 e. The van der Waals surface area contributed by atoms with Gasteiger partial charge in [0.15, 0.2) is 23.3 Å². The number of amides is 1. The molecule has 0 aliphatic carbocycles. The monoisotopic (exact) mass is 428 g/mol. The summed E-state index contributed by atoms with van der Waals surface area (Å²) in [5.74, 6) is -2.37. The molecular weight excluding hydrogens is 412 g/mol. The Bertz CT molecular complexity index is 1390. The molecule has 4 rings (SSSR count). The van der Waals surface area contributed by atoms with E-state index in [1.54, 1.807) is 19.1 Å². The van der Waals surface area contributed by atoms with Gasteiger partial charge in [0.1, 0.15) is 5.58 Å². The van der Waals surface area contributed by atoms with Crippen molar-refractivity contribution in [3.63, 3.8) is 0 Å². The minimum atomic E-state index is -4.11. The Kier molecular flexibility index (Phi) is 4.48. The molecule has 0 radical (unpaired) electrons. The maximum atomic E-state index is 12.9. The van der Waals surface area contributed by atoms with Crippen LogP contribution in [-0.4, -0.2) is 42.6 Å². The molecule has 2 N–H and O–H groups in total. The molecule has 1 aliphatic heterocycles. The van der Waals surface area contributed by atoms with Crippen molar-refractivity contribution >= 4 is 38.4 Å². The van der Waals surface area contributed by atoms with Gasteiger partial charge in [0, 0.05) is 12.6 Å². The number of aryl methyl sites for hydroxylation is 1. The van der Waals surface area contributed by atoms with Gasteiger partial charge in [0.2, 0.25) is 10.0 Å². The number of nitrogens with zero attached hydrogens (tertiary/aromatic N) is 1. The molecule has 1 aliphatic rings. The van der Waals surface area contributed by atoms with Gasteiger partial charge in [-0.3, -0.25) is 9.59 Å². The van der Waals surface area contributed by atoms with Gasteiger partial charge in [0.25, 0.3) is 5.91 Å². The number of carbonyl (C=O) groups is 2. The normalized spacial score (nSPS) is 18.2. The van der Waals surface area contributed by atoms with Crippen LogP contribution in [0.1, 0.15) is 15.9 Å². The van der Waals surface area contributed by atoms with Gasteiger partial charge in [-0.25, -0.2) is 13.2 Å². The number of hydrogen-bond acceptors (Lipinski definition) is 7. The minimum Gasteiger partial charge on any atom is -0.505 e. The summed E-state index contributed by atoms with van der Waals surface area (Å²) in [6.45, 7) is 1.68. The Morgan fingerprint density at radius 2 is 1.83 bits per heavy atom. The lowest BCUT2D eigenvalue weighted by molar-refractivity contribution is -0.118. The lowest BCUT2D eigenvalue weighted by Gasteiger charge is -2.30. The molecule has 0 saturated heterocycles. The fourth-order valence-corrected chi connectivity index (χ4v) is 4.91. The number of nitrogens with one attached hydrogen (secondary N) is 1. The quantitative estimate of drug-likeness (QED) is 0.468. The molecule has 2 heterocycles. The molecule has 1 atom stereocenters. The lowest BCUT2D eigenvalue weighted by Crippen LogP contribution is -2.53. The van der Waals surface area contributed by atoms with Crippen molar-refractivity contribution in [3.8, 4) is 5.75 Å². The molecule has 2 aromatic carbocycles. The first-order valence-corrected chi connectivity index (χ1v) is 10.3. The van der Waals surface area contributed by atoms with Crippen molar-refractivity contribution in [1.82, 2.24) is 4.31 Å². The van der Waals surface area contributed by atoms with Gasteiger partial charge in [0.05, 0.1) is 10.3 Å². The number of para-hydroxylation sites is 1. The minimum absolute atomic E-state index is 0.124. The molecule has 30 heavy (non-hydrogen) atoms. The summed E-state index contributed by atoms with van der Waals surface area (Å²) in [6.07, 6.45) is 0. The standard InChI is InChI=1S/C20H16N2O7S/c1-10-6-5-8-12-16(23)14(20(26)29-18(10)12)21-19(25)15-17(24)11-7-3-4-9-13(11)30(27,28)22(15)2/h3-9,15,23H,1-2H3,(H,21,25). The topological polar surface area (TPSA) is 134 Å². The summed E-state index contributed by atoms with van der Waals surface area (Å²) < 4.78 is 31.3. The first-order valence-electron chi connectivity index (χ1n) is 8.82. The van der Waals surface area contributed by atoms with Gasteiger partial charge < -0.3 is 14.8 Å². The summed E-state index contributed by atoms with van der Waals surface area (Å²) in [4.78, 5) is 37.9. The van der Waals surface area contributed by atoms with Crippen molar-refractivity contribution in [3.05, 3.63) is 64.0 Å². The summed E-state index contributed by atoms with van der Waals surface area (Å²) in [7, 11) is -3.02. The Balaban J connectivity index is 1.78. The second kappa shape index (κ2) is 6.78. The van der Waals surface area contributed by atoms with Crippen molar-refractivity contribution in [2.24, 2.45) is 0 Å². The summed E-state index contributed by atoms with van der Waals surface area (Å²) >= 11 is 0. The van der Waals surface area contributed by atoms with Crippen molar-refractivity contribution in [2.75, 3.05) is 12.4 Å². The van der Waals surface area contributed by atoms with Crippen LogP contribution in [0.2, 0.25) is 0 Å². The number of anilines is 1. The van der Waals surface area contributed by atoms with Crippen molar-refractivity contribution < 1.29 is 27.5 Å². The first-order chi connectivity index (χ1) is 14.1. The van der Waals surface area contributed by atoms with Gasteiger partial charge in [-0.15, -0.1) is 0 Å². The number of rotatable bonds is 2. The van der Waals surface area contributed by atoms with Crippen LogP contribution in [0.25, 0.3) is 11.0 Å². The van der Waals surface area contributed by atoms with Crippen LogP contribution >= 0.6 is 0 Å². The number of fused-ring (bicyclic) bond motifs is 2. The van der Waals surface area contributed by atoms with Gasteiger partial charge in [-0.05, 0) is 30.7 Å². The molecule has 0 fully saturated rings. The second-order valence-corrected chi connectivity index (χ2v) is 8.80. The second-order valence-electron chi connectivity index (χ2n) is 6.84. The fraction of sp³-hybridized carbons (Fsp3) is 0.150. The van der Waals surface area contributed by atoms with E-state index in [0.29, 0.717) is 9.87 Å². The third-order valence-electron chi connectivity index (χ3n) is 5.02. The van der Waals surface area contributed by atoms with Crippen molar-refractivity contribution in [2.45, 2.75) is 17.9 Å². The van der Waals surface area contributed by atoms with Crippen LogP contribution < -0.4 is 10.9 Å². The maximum absolute atomic E-state index is 12.9. The van der Waals surface area contributed by atoms with Crippen LogP contribution in [0.15, 0.2) is 56.6 Å². The SMILES string of the molecule is Cc1cccc2c(O)c(NC(=O)C3C(=O)c4ccccc4S(=O)(=O)N3C)c(=O)oc12. The number of benzene rings is 2. The molecule has 10 heteroatoms. The lowest BCUT2D eigenvalue weighted by atomic mass is 10.0. The number of likely N-dealkylation sites (N-methyl/N-ethyl adjacent to an activating group) is 1. The van der Waals surface area contributed by atoms with Crippen LogP contribution in [0.4, 0.5) is 5.69 Å². The van der Waals surface area contributed by atoms with E-state index >= 15 is 0 Å². The number of ketones is 1. The molecule has 1 aromatic heterocycles. The summed E-state index contributed by atoms with van der Waals surface area (Å²) in [5.41, 5.74) is -0.975. The third-order valence-corrected chi connectivity index (χ3v) is 6.90. The summed E-state index contributed by atoms with van der Waals surface area (Å²) in [6, 6.07) is 8.60. The van der Waals surface area contributed by atoms with E-state index in [9.17, 15) is 27.9 Å². The molecule has 0 bridgehead atoms. The predicted molar refractivity (Wildman–Crippen MR) is 107 cm³/mol. The predicted octanol–water partition coefficient (Wildman–Crippen LogP) is 1.63. The molecule has 154 valence electrons. The molecule has 0 spiro atoms. The highest BCUT2D eigenvalue weighted by Crippen LogP contribution is 2.33. The number of Topliss-reactive ketones (excluding diaryl/α,β-unsaturated/α-hetero) is 1. The number of carbonyl (C=O) groups excluding carboxylic acids is 2. The van der Waals surface area contributed by atoms with Crippen LogP contribution in [0.5, 0.6) is 5.75 Å². The van der Waals surface area contributed by atoms with E-state index in [1.165, 1.54) is 30.3 Å². The Labute approximate surface area is 170 Å². The number of hydrogen-bond donors (Lipinski definition) is 2. The third kappa shape index (κ3) is 2.80. The largest absolute Gasteiger partial charge is 0.505 e. The van der Waals surface area contributed by atoms with Crippen LogP contribution in [0, 0.1) is 6.92 Å².